The number of aromatic nitrogens is 5. The van der Waals surface area contributed by atoms with Crippen molar-refractivity contribution in [3.63, 3.8) is 0 Å². The molecule has 1 saturated heterocycles. The highest BCUT2D eigenvalue weighted by Crippen LogP contribution is 2.32. The van der Waals surface area contributed by atoms with Gasteiger partial charge in [-0.05, 0) is 12.1 Å². The maximum Gasteiger partial charge on any atom is 0.167 e. The molecule has 4 rings (SSSR count). The number of hydrogen-bond acceptors (Lipinski definition) is 8. The zero-order valence-electron chi connectivity index (χ0n) is 13.1. The van der Waals surface area contributed by atoms with Crippen molar-refractivity contribution < 1.29 is 20.1 Å². The summed E-state index contributed by atoms with van der Waals surface area (Å²) in [5.41, 5.74) is 1.97. The van der Waals surface area contributed by atoms with Crippen molar-refractivity contribution in [2.45, 2.75) is 31.1 Å². The van der Waals surface area contributed by atoms with Crippen LogP contribution in [0.15, 0.2) is 31.0 Å². The van der Waals surface area contributed by atoms with Crippen molar-refractivity contribution >= 4 is 17.0 Å². The number of nitrogens with zero attached hydrogens (tertiary/aromatic N) is 4. The molecule has 0 aliphatic carbocycles. The number of anilines is 1. The van der Waals surface area contributed by atoms with Crippen molar-refractivity contribution in [1.29, 1.82) is 0 Å². The number of hydrogen-bond donors (Lipinski definition) is 5. The Labute approximate surface area is 142 Å². The van der Waals surface area contributed by atoms with Crippen LogP contribution in [-0.2, 0) is 11.3 Å². The number of fused-ring (bicyclic) bond motifs is 1. The standard InChI is InChI=1S/C15H18N6O4/c22-5-9-11(23)12(24)15(25-9)21-7-20-10-13(18-6-19-14(10)21)17-4-8-2-1-3-16-8/h1-3,6-7,9,11-12,15-16,22-24H,4-5H2,(H,17,18,19). The summed E-state index contributed by atoms with van der Waals surface area (Å²) in [6, 6.07) is 3.85. The molecule has 0 radical (unpaired) electrons. The average Bonchev–Trinajstić information content (AvgIpc) is 3.34. The molecule has 10 nitrogen and oxygen atoms in total. The van der Waals surface area contributed by atoms with Crippen LogP contribution in [0.5, 0.6) is 0 Å². The van der Waals surface area contributed by atoms with E-state index in [0.717, 1.165) is 5.69 Å². The number of imidazole rings is 1. The zero-order chi connectivity index (χ0) is 17.4. The van der Waals surface area contributed by atoms with Gasteiger partial charge in [-0.3, -0.25) is 4.57 Å². The zero-order valence-corrected chi connectivity index (χ0v) is 13.1. The third-order valence-corrected chi connectivity index (χ3v) is 4.26. The Hall–Kier alpha value is -2.53. The smallest absolute Gasteiger partial charge is 0.167 e. The van der Waals surface area contributed by atoms with E-state index in [4.69, 9.17) is 4.74 Å². The largest absolute Gasteiger partial charge is 0.394 e. The maximum absolute atomic E-state index is 10.2. The summed E-state index contributed by atoms with van der Waals surface area (Å²) >= 11 is 0. The van der Waals surface area contributed by atoms with Crippen LogP contribution in [0.2, 0.25) is 0 Å². The number of rotatable bonds is 5. The lowest BCUT2D eigenvalue weighted by Crippen LogP contribution is -2.33. The SMILES string of the molecule is OCC1OC(n2cnc3c(NCc4ccc[nH]4)ncnc32)C(O)C1O. The van der Waals surface area contributed by atoms with Crippen LogP contribution in [0.25, 0.3) is 11.2 Å². The summed E-state index contributed by atoms with van der Waals surface area (Å²) in [7, 11) is 0. The van der Waals surface area contributed by atoms with E-state index in [-0.39, 0.29) is 6.61 Å². The highest BCUT2D eigenvalue weighted by molar-refractivity contribution is 5.82. The van der Waals surface area contributed by atoms with E-state index in [1.807, 2.05) is 18.3 Å². The van der Waals surface area contributed by atoms with E-state index in [1.54, 1.807) is 0 Å². The number of ether oxygens (including phenoxy) is 1. The highest BCUT2D eigenvalue weighted by Gasteiger charge is 2.44. The fourth-order valence-electron chi connectivity index (χ4n) is 2.93. The molecule has 4 unspecified atom stereocenters. The van der Waals surface area contributed by atoms with E-state index < -0.39 is 24.5 Å². The summed E-state index contributed by atoms with van der Waals surface area (Å²) < 4.78 is 7.06. The molecule has 10 heteroatoms. The van der Waals surface area contributed by atoms with E-state index in [9.17, 15) is 15.3 Å². The molecule has 4 heterocycles. The average molecular weight is 346 g/mol. The lowest BCUT2D eigenvalue weighted by atomic mass is 10.1. The van der Waals surface area contributed by atoms with Crippen LogP contribution >= 0.6 is 0 Å². The molecule has 0 spiro atoms. The Morgan fingerprint density at radius 3 is 2.84 bits per heavy atom. The number of H-pyrrole nitrogens is 1. The second kappa shape index (κ2) is 6.41. The molecule has 0 amide bonds. The minimum atomic E-state index is -1.19. The van der Waals surface area contributed by atoms with Gasteiger partial charge in [0.05, 0.1) is 19.5 Å². The molecule has 1 aliphatic heterocycles. The Morgan fingerprint density at radius 1 is 1.24 bits per heavy atom. The van der Waals surface area contributed by atoms with Crippen LogP contribution in [0.1, 0.15) is 11.9 Å². The first-order valence-corrected chi connectivity index (χ1v) is 7.85. The molecule has 1 fully saturated rings. The van der Waals surface area contributed by atoms with Gasteiger partial charge in [0.2, 0.25) is 0 Å². The second-order valence-corrected chi connectivity index (χ2v) is 5.82. The molecule has 5 N–H and O–H groups in total. The van der Waals surface area contributed by atoms with Crippen LogP contribution < -0.4 is 5.32 Å². The Kier molecular flexibility index (Phi) is 4.09. The van der Waals surface area contributed by atoms with E-state index >= 15 is 0 Å². The lowest BCUT2D eigenvalue weighted by Gasteiger charge is -2.16. The molecular weight excluding hydrogens is 328 g/mol. The molecule has 4 atom stereocenters. The Bertz CT molecular complexity index is 851. The van der Waals surface area contributed by atoms with Gasteiger partial charge in [0, 0.05) is 11.9 Å². The van der Waals surface area contributed by atoms with Gasteiger partial charge in [0.1, 0.15) is 24.6 Å². The van der Waals surface area contributed by atoms with Crippen molar-refractivity contribution in [3.8, 4) is 0 Å². The Morgan fingerprint density at radius 2 is 2.12 bits per heavy atom. The van der Waals surface area contributed by atoms with Gasteiger partial charge in [-0.15, -0.1) is 0 Å². The predicted octanol–water partition coefficient (Wildman–Crippen LogP) is -0.622. The molecule has 25 heavy (non-hydrogen) atoms. The number of aliphatic hydroxyl groups excluding tert-OH is 3. The fourth-order valence-corrected chi connectivity index (χ4v) is 2.93. The van der Waals surface area contributed by atoms with Crippen LogP contribution in [0, 0.1) is 0 Å². The summed E-state index contributed by atoms with van der Waals surface area (Å²) in [4.78, 5) is 15.8. The van der Waals surface area contributed by atoms with E-state index in [0.29, 0.717) is 23.5 Å². The second-order valence-electron chi connectivity index (χ2n) is 5.82. The van der Waals surface area contributed by atoms with Gasteiger partial charge in [0.15, 0.2) is 23.2 Å². The lowest BCUT2D eigenvalue weighted by molar-refractivity contribution is -0.0511. The van der Waals surface area contributed by atoms with Crippen molar-refractivity contribution in [1.82, 2.24) is 24.5 Å². The van der Waals surface area contributed by atoms with Gasteiger partial charge in [-0.25, -0.2) is 15.0 Å². The van der Waals surface area contributed by atoms with E-state index in [2.05, 4.69) is 25.3 Å². The third-order valence-electron chi connectivity index (χ3n) is 4.26. The normalized spacial score (nSPS) is 26.4. The summed E-state index contributed by atoms with van der Waals surface area (Å²) in [6.07, 6.45) is 0.578. The number of aromatic amines is 1. The molecule has 0 aromatic carbocycles. The molecule has 3 aromatic rings. The van der Waals surface area contributed by atoms with Crippen molar-refractivity contribution in [3.05, 3.63) is 36.7 Å². The van der Waals surface area contributed by atoms with Gasteiger partial charge < -0.3 is 30.4 Å². The van der Waals surface area contributed by atoms with Crippen LogP contribution in [-0.4, -0.2) is 64.7 Å². The topological polar surface area (TPSA) is 141 Å². The van der Waals surface area contributed by atoms with E-state index in [1.165, 1.54) is 17.2 Å². The maximum atomic E-state index is 10.2. The summed E-state index contributed by atoms with van der Waals surface area (Å²) in [5.74, 6) is 0.546. The summed E-state index contributed by atoms with van der Waals surface area (Å²) in [5, 5.41) is 32.5. The molecule has 0 bridgehead atoms. The number of aliphatic hydroxyl groups is 3. The minimum Gasteiger partial charge on any atom is -0.394 e. The fraction of sp³-hybridized carbons (Fsp3) is 0.400. The van der Waals surface area contributed by atoms with Gasteiger partial charge >= 0.3 is 0 Å². The molecule has 132 valence electrons. The third kappa shape index (κ3) is 2.74. The molecule has 1 aliphatic rings. The Balaban J connectivity index is 1.63. The predicted molar refractivity (Wildman–Crippen MR) is 86.5 cm³/mol. The first-order valence-electron chi connectivity index (χ1n) is 7.85. The van der Waals surface area contributed by atoms with Crippen LogP contribution in [0.4, 0.5) is 5.82 Å². The minimum absolute atomic E-state index is 0.390. The summed E-state index contributed by atoms with van der Waals surface area (Å²) in [6.45, 7) is 0.152. The van der Waals surface area contributed by atoms with Gasteiger partial charge in [0.25, 0.3) is 0 Å². The molecule has 0 saturated carbocycles. The van der Waals surface area contributed by atoms with Gasteiger partial charge in [-0.1, -0.05) is 0 Å². The monoisotopic (exact) mass is 346 g/mol. The molecular formula is C15H18N6O4. The first-order chi connectivity index (χ1) is 12.2. The van der Waals surface area contributed by atoms with Crippen molar-refractivity contribution in [2.75, 3.05) is 11.9 Å². The highest BCUT2D eigenvalue weighted by atomic mass is 16.6. The number of nitrogens with one attached hydrogen (secondary N) is 2. The van der Waals surface area contributed by atoms with Gasteiger partial charge in [-0.2, -0.15) is 0 Å². The molecule has 3 aromatic heterocycles. The quantitative estimate of drug-likeness (QED) is 0.411. The van der Waals surface area contributed by atoms with Crippen molar-refractivity contribution in [2.24, 2.45) is 0 Å². The van der Waals surface area contributed by atoms with Crippen LogP contribution in [0.3, 0.4) is 0 Å². The first kappa shape index (κ1) is 16.0.